The van der Waals surface area contributed by atoms with Crippen molar-refractivity contribution in [1.82, 2.24) is 15.6 Å². The molecule has 3 rings (SSSR count). The predicted octanol–water partition coefficient (Wildman–Crippen LogP) is 4.80. The molecule has 0 fully saturated rings. The molecular weight excluding hydrogens is 434 g/mol. The first-order valence-corrected chi connectivity index (χ1v) is 11.8. The van der Waals surface area contributed by atoms with Crippen LogP contribution < -0.4 is 15.4 Å². The fraction of sp³-hybridized carbons (Fsp3) is 0.346. The maximum absolute atomic E-state index is 12.3. The number of nitrogens with zero attached hydrogens (tertiary/aromatic N) is 1. The molecule has 2 aromatic carbocycles. The molecule has 33 heavy (non-hydrogen) atoms. The Bertz CT molecular complexity index is 1090. The summed E-state index contributed by atoms with van der Waals surface area (Å²) in [5.41, 5.74) is 4.44. The molecule has 0 atom stereocenters. The lowest BCUT2D eigenvalue weighted by atomic mass is 9.87. The van der Waals surface area contributed by atoms with Crippen LogP contribution in [0.15, 0.2) is 47.8 Å². The molecule has 174 valence electrons. The van der Waals surface area contributed by atoms with E-state index in [9.17, 15) is 9.59 Å². The van der Waals surface area contributed by atoms with Crippen LogP contribution in [0.3, 0.4) is 0 Å². The van der Waals surface area contributed by atoms with E-state index in [0.717, 1.165) is 21.9 Å². The van der Waals surface area contributed by atoms with E-state index in [4.69, 9.17) is 4.74 Å². The highest BCUT2D eigenvalue weighted by Crippen LogP contribution is 2.22. The average Bonchev–Trinajstić information content (AvgIpc) is 3.23. The van der Waals surface area contributed by atoms with Crippen LogP contribution in [0.1, 0.15) is 63.3 Å². The number of aryl methyl sites for hydroxylation is 2. The molecule has 0 bridgehead atoms. The molecule has 0 unspecified atom stereocenters. The van der Waals surface area contributed by atoms with Gasteiger partial charge in [0.25, 0.3) is 11.8 Å². The van der Waals surface area contributed by atoms with Gasteiger partial charge in [0.1, 0.15) is 23.1 Å². The molecule has 0 aliphatic heterocycles. The predicted molar refractivity (Wildman–Crippen MR) is 132 cm³/mol. The van der Waals surface area contributed by atoms with Gasteiger partial charge in [0.05, 0.1) is 0 Å². The number of amides is 2. The van der Waals surface area contributed by atoms with E-state index >= 15 is 0 Å². The molecule has 6 nitrogen and oxygen atoms in total. The molecule has 0 spiro atoms. The SMILES string of the molecule is Cc1cc(C)cc(OCc2nc(C(=O)NCCNC(=O)c3ccc(C(C)(C)C)cc3)cs2)c1. The van der Waals surface area contributed by atoms with Crippen molar-refractivity contribution < 1.29 is 14.3 Å². The molecule has 0 saturated heterocycles. The van der Waals surface area contributed by atoms with Crippen LogP contribution in [0.4, 0.5) is 0 Å². The molecule has 2 N–H and O–H groups in total. The normalized spacial score (nSPS) is 11.2. The zero-order valence-corrected chi connectivity index (χ0v) is 20.6. The van der Waals surface area contributed by atoms with Gasteiger partial charge < -0.3 is 15.4 Å². The third kappa shape index (κ3) is 7.15. The average molecular weight is 466 g/mol. The van der Waals surface area contributed by atoms with Crippen molar-refractivity contribution in [3.05, 3.63) is 80.8 Å². The van der Waals surface area contributed by atoms with Crippen LogP contribution in [-0.4, -0.2) is 29.9 Å². The summed E-state index contributed by atoms with van der Waals surface area (Å²) in [6, 6.07) is 13.6. The largest absolute Gasteiger partial charge is 0.486 e. The lowest BCUT2D eigenvalue weighted by Gasteiger charge is -2.19. The standard InChI is InChI=1S/C26H31N3O3S/c1-17-12-18(2)14-21(13-17)32-15-23-29-22(16-33-23)25(31)28-11-10-27-24(30)19-6-8-20(9-7-19)26(3,4)5/h6-9,12-14,16H,10-11,15H2,1-5H3,(H,27,30)(H,28,31). The number of carbonyl (C=O) groups is 2. The van der Waals surface area contributed by atoms with Gasteiger partial charge in [-0.2, -0.15) is 0 Å². The lowest BCUT2D eigenvalue weighted by molar-refractivity contribution is 0.0925. The van der Waals surface area contributed by atoms with Crippen molar-refractivity contribution in [3.8, 4) is 5.75 Å². The van der Waals surface area contributed by atoms with Crippen LogP contribution in [-0.2, 0) is 12.0 Å². The number of nitrogens with one attached hydrogen (secondary N) is 2. The van der Waals surface area contributed by atoms with E-state index in [1.165, 1.54) is 16.9 Å². The number of carbonyl (C=O) groups excluding carboxylic acids is 2. The van der Waals surface area contributed by atoms with Gasteiger partial charge in [0.2, 0.25) is 0 Å². The minimum absolute atomic E-state index is 0.0423. The first-order valence-electron chi connectivity index (χ1n) is 10.9. The maximum atomic E-state index is 12.3. The van der Waals surface area contributed by atoms with E-state index in [-0.39, 0.29) is 17.2 Å². The third-order valence-corrected chi connectivity index (χ3v) is 5.87. The van der Waals surface area contributed by atoms with E-state index in [1.807, 2.05) is 50.2 Å². The summed E-state index contributed by atoms with van der Waals surface area (Å²) in [5, 5.41) is 8.05. The van der Waals surface area contributed by atoms with E-state index in [0.29, 0.717) is 31.0 Å². The van der Waals surface area contributed by atoms with Crippen molar-refractivity contribution >= 4 is 23.2 Å². The second-order valence-corrected chi connectivity index (χ2v) is 10.0. The fourth-order valence-electron chi connectivity index (χ4n) is 3.31. The molecular formula is C26H31N3O3S. The van der Waals surface area contributed by atoms with Gasteiger partial charge in [0, 0.05) is 24.0 Å². The first kappa shape index (κ1) is 24.5. The number of hydrogen-bond donors (Lipinski definition) is 2. The van der Waals surface area contributed by atoms with Gasteiger partial charge in [-0.15, -0.1) is 11.3 Å². The van der Waals surface area contributed by atoms with Crippen LogP contribution in [0.2, 0.25) is 0 Å². The number of benzene rings is 2. The Hall–Kier alpha value is -3.19. The zero-order chi connectivity index (χ0) is 24.0. The number of hydrogen-bond acceptors (Lipinski definition) is 5. The highest BCUT2D eigenvalue weighted by molar-refractivity contribution is 7.09. The van der Waals surface area contributed by atoms with Crippen LogP contribution in [0, 0.1) is 13.8 Å². The van der Waals surface area contributed by atoms with Gasteiger partial charge in [0.15, 0.2) is 0 Å². The molecule has 1 heterocycles. The quantitative estimate of drug-likeness (QED) is 0.469. The molecule has 3 aromatic rings. The van der Waals surface area contributed by atoms with Crippen molar-refractivity contribution in [2.24, 2.45) is 0 Å². The number of ether oxygens (including phenoxy) is 1. The highest BCUT2D eigenvalue weighted by Gasteiger charge is 2.15. The molecule has 1 aromatic heterocycles. The van der Waals surface area contributed by atoms with Crippen molar-refractivity contribution in [3.63, 3.8) is 0 Å². The van der Waals surface area contributed by atoms with Crippen LogP contribution in [0.5, 0.6) is 5.75 Å². The Morgan fingerprint density at radius 2 is 1.55 bits per heavy atom. The smallest absolute Gasteiger partial charge is 0.270 e. The summed E-state index contributed by atoms with van der Waals surface area (Å²) < 4.78 is 5.81. The molecule has 0 aliphatic rings. The van der Waals surface area contributed by atoms with Gasteiger partial charge in [-0.1, -0.05) is 39.0 Å². The monoisotopic (exact) mass is 465 g/mol. The number of thiazole rings is 1. The topological polar surface area (TPSA) is 80.3 Å². The van der Waals surface area contributed by atoms with Crippen molar-refractivity contribution in [1.29, 1.82) is 0 Å². The Labute approximate surface area is 199 Å². The van der Waals surface area contributed by atoms with Crippen molar-refractivity contribution in [2.45, 2.75) is 46.6 Å². The molecule has 0 radical (unpaired) electrons. The highest BCUT2D eigenvalue weighted by atomic mass is 32.1. The summed E-state index contributed by atoms with van der Waals surface area (Å²) in [7, 11) is 0. The molecule has 0 aliphatic carbocycles. The summed E-state index contributed by atoms with van der Waals surface area (Å²) in [6.45, 7) is 11.4. The second-order valence-electron chi connectivity index (χ2n) is 9.08. The molecule has 0 saturated carbocycles. The van der Waals surface area contributed by atoms with Gasteiger partial charge in [-0.3, -0.25) is 9.59 Å². The van der Waals surface area contributed by atoms with E-state index in [1.54, 1.807) is 5.38 Å². The molecule has 2 amide bonds. The first-order chi connectivity index (χ1) is 15.6. The minimum Gasteiger partial charge on any atom is -0.486 e. The Morgan fingerprint density at radius 3 is 2.15 bits per heavy atom. The lowest BCUT2D eigenvalue weighted by Crippen LogP contribution is -2.34. The van der Waals surface area contributed by atoms with Crippen LogP contribution in [0.25, 0.3) is 0 Å². The van der Waals surface area contributed by atoms with Gasteiger partial charge >= 0.3 is 0 Å². The fourth-order valence-corrected chi connectivity index (χ4v) is 3.99. The van der Waals surface area contributed by atoms with E-state index in [2.05, 4.69) is 42.5 Å². The maximum Gasteiger partial charge on any atom is 0.270 e. The van der Waals surface area contributed by atoms with Crippen LogP contribution >= 0.6 is 11.3 Å². The van der Waals surface area contributed by atoms with Gasteiger partial charge in [-0.25, -0.2) is 4.98 Å². The number of aromatic nitrogens is 1. The minimum atomic E-state index is -0.271. The Kier molecular flexibility index (Phi) is 7.87. The number of rotatable bonds is 8. The second kappa shape index (κ2) is 10.6. The zero-order valence-electron chi connectivity index (χ0n) is 19.8. The Balaban J connectivity index is 1.42. The Morgan fingerprint density at radius 1 is 0.939 bits per heavy atom. The summed E-state index contributed by atoms with van der Waals surface area (Å²) in [4.78, 5) is 29.0. The van der Waals surface area contributed by atoms with Crippen molar-refractivity contribution in [2.75, 3.05) is 13.1 Å². The summed E-state index contributed by atoms with van der Waals surface area (Å²) in [5.74, 6) is 0.356. The third-order valence-electron chi connectivity index (χ3n) is 5.05. The summed E-state index contributed by atoms with van der Waals surface area (Å²) in [6.07, 6.45) is 0. The molecule has 7 heteroatoms. The van der Waals surface area contributed by atoms with Gasteiger partial charge in [-0.05, 0) is 60.2 Å². The summed E-state index contributed by atoms with van der Waals surface area (Å²) >= 11 is 1.38. The van der Waals surface area contributed by atoms with E-state index < -0.39 is 0 Å².